The Hall–Kier alpha value is -3.02. The highest BCUT2D eigenvalue weighted by atomic mass is 16.8. The highest BCUT2D eigenvalue weighted by molar-refractivity contribution is 6.03. The van der Waals surface area contributed by atoms with Crippen molar-refractivity contribution in [2.75, 3.05) is 6.61 Å². The van der Waals surface area contributed by atoms with Crippen molar-refractivity contribution in [3.05, 3.63) is 66.0 Å². The van der Waals surface area contributed by atoms with E-state index in [1.807, 2.05) is 6.07 Å². The normalized spacial score (nSPS) is 42.1. The molecule has 0 aromatic heterocycles. The molecule has 240 valence electrons. The fraction of sp³-hybridized carbons (Fsp3) is 0.533. The van der Waals surface area contributed by atoms with Gasteiger partial charge in [0.15, 0.2) is 30.1 Å². The van der Waals surface area contributed by atoms with Crippen molar-refractivity contribution in [2.24, 2.45) is 5.92 Å². The summed E-state index contributed by atoms with van der Waals surface area (Å²) < 4.78 is 34.2. The monoisotopic (exact) mass is 620 g/mol. The van der Waals surface area contributed by atoms with E-state index in [9.17, 15) is 40.2 Å². The number of aliphatic hydroxyl groups is 6. The van der Waals surface area contributed by atoms with E-state index in [0.717, 1.165) is 17.9 Å². The number of carbonyl (C=O) groups is 2. The van der Waals surface area contributed by atoms with Crippen LogP contribution in [0.4, 0.5) is 0 Å². The van der Waals surface area contributed by atoms with Gasteiger partial charge in [0, 0.05) is 6.08 Å². The second kappa shape index (κ2) is 13.1. The Kier molecular flexibility index (Phi) is 9.67. The van der Waals surface area contributed by atoms with Crippen LogP contribution in [0.2, 0.25) is 0 Å². The predicted octanol–water partition coefficient (Wildman–Crippen LogP) is -1.33. The zero-order chi connectivity index (χ0) is 31.8. The molecule has 2 fully saturated rings. The third-order valence-electron chi connectivity index (χ3n) is 8.17. The number of fused-ring (bicyclic) bond motifs is 1. The van der Waals surface area contributed by atoms with E-state index < -0.39 is 97.6 Å². The number of ether oxygens (including phenoxy) is 6. The third kappa shape index (κ3) is 6.10. The smallest absolute Gasteiger partial charge is 0.331 e. The lowest BCUT2D eigenvalue weighted by Gasteiger charge is -2.47. The summed E-state index contributed by atoms with van der Waals surface area (Å²) in [6.45, 7) is 2.40. The Morgan fingerprint density at radius 2 is 1.68 bits per heavy atom. The zero-order valence-electron chi connectivity index (χ0n) is 23.9. The van der Waals surface area contributed by atoms with Crippen molar-refractivity contribution in [2.45, 2.75) is 87.2 Å². The van der Waals surface area contributed by atoms with Crippen molar-refractivity contribution in [1.82, 2.24) is 0 Å². The van der Waals surface area contributed by atoms with Crippen LogP contribution in [0.5, 0.6) is 0 Å². The van der Waals surface area contributed by atoms with Crippen LogP contribution in [-0.2, 0) is 38.0 Å². The van der Waals surface area contributed by atoms with Crippen LogP contribution >= 0.6 is 0 Å². The standard InChI is InChI=1S/C30H36O14/c1-14-12-18(32)30(10-11-39-27(20(14)30)43-28-24(37)23(36)22(35)17(13-31)41-28)44-29-25(38)26(21(34)15(2)40-29)42-19(33)9-8-16-6-4-3-5-7-16/h3-12,15,17,20-29,31,34-38H,13H2,1-2H3. The molecule has 1 aromatic carbocycles. The Labute approximate surface area is 252 Å². The summed E-state index contributed by atoms with van der Waals surface area (Å²) in [5.41, 5.74) is -0.704. The molecule has 0 amide bonds. The lowest BCUT2D eigenvalue weighted by Crippen LogP contribution is -2.63. The Morgan fingerprint density at radius 3 is 2.39 bits per heavy atom. The molecule has 1 aromatic rings. The lowest BCUT2D eigenvalue weighted by molar-refractivity contribution is -0.353. The molecule has 13 atom stereocenters. The fourth-order valence-electron chi connectivity index (χ4n) is 5.72. The van der Waals surface area contributed by atoms with Crippen molar-refractivity contribution >= 4 is 17.8 Å². The average Bonchev–Trinajstić information content (AvgIpc) is 3.27. The molecule has 0 radical (unpaired) electrons. The molecule has 3 heterocycles. The van der Waals surface area contributed by atoms with Crippen molar-refractivity contribution in [1.29, 1.82) is 0 Å². The molecular weight excluding hydrogens is 584 g/mol. The summed E-state index contributed by atoms with van der Waals surface area (Å²) in [6.07, 6.45) is -10.1. The molecule has 2 saturated heterocycles. The molecule has 3 aliphatic heterocycles. The van der Waals surface area contributed by atoms with Crippen LogP contribution < -0.4 is 0 Å². The summed E-state index contributed by atoms with van der Waals surface area (Å²) in [4.78, 5) is 26.0. The van der Waals surface area contributed by atoms with Gasteiger partial charge in [-0.1, -0.05) is 35.9 Å². The molecule has 5 rings (SSSR count). The first-order chi connectivity index (χ1) is 21.0. The maximum atomic E-state index is 13.4. The largest absolute Gasteiger partial charge is 0.472 e. The topological polar surface area (TPSA) is 211 Å². The zero-order valence-corrected chi connectivity index (χ0v) is 23.9. The maximum Gasteiger partial charge on any atom is 0.331 e. The SMILES string of the molecule is CC1=CC(=O)C2(OC3OC(C)C(O)C(OC(=O)C=Cc4ccccc4)C3O)C=COC(OC3OC(CO)C(O)C(O)C3O)C12. The second-order valence-electron chi connectivity index (χ2n) is 11.1. The number of carbonyl (C=O) groups excluding carboxylic acids is 2. The first kappa shape index (κ1) is 32.4. The Morgan fingerprint density at radius 1 is 0.955 bits per heavy atom. The maximum absolute atomic E-state index is 13.4. The first-order valence-electron chi connectivity index (χ1n) is 14.1. The number of hydrogen-bond acceptors (Lipinski definition) is 14. The highest BCUT2D eigenvalue weighted by Crippen LogP contribution is 2.46. The van der Waals surface area contributed by atoms with E-state index in [2.05, 4.69) is 0 Å². The van der Waals surface area contributed by atoms with Crippen LogP contribution in [0.25, 0.3) is 6.08 Å². The van der Waals surface area contributed by atoms with Gasteiger partial charge in [-0.2, -0.15) is 0 Å². The van der Waals surface area contributed by atoms with Crippen LogP contribution in [0.15, 0.2) is 60.4 Å². The summed E-state index contributed by atoms with van der Waals surface area (Å²) in [5, 5.41) is 62.2. The molecule has 1 aliphatic carbocycles. The van der Waals surface area contributed by atoms with Gasteiger partial charge in [-0.15, -0.1) is 0 Å². The van der Waals surface area contributed by atoms with Gasteiger partial charge >= 0.3 is 5.97 Å². The van der Waals surface area contributed by atoms with Gasteiger partial charge in [-0.25, -0.2) is 4.79 Å². The van der Waals surface area contributed by atoms with Crippen LogP contribution in [0.1, 0.15) is 19.4 Å². The van der Waals surface area contributed by atoms with Crippen LogP contribution in [0, 0.1) is 5.92 Å². The van der Waals surface area contributed by atoms with Crippen LogP contribution in [-0.4, -0.2) is 122 Å². The van der Waals surface area contributed by atoms with Crippen molar-refractivity contribution < 1.29 is 68.6 Å². The van der Waals surface area contributed by atoms with Gasteiger partial charge in [0.05, 0.1) is 24.9 Å². The minimum atomic E-state index is -1.86. The average molecular weight is 621 g/mol. The van der Waals surface area contributed by atoms with Gasteiger partial charge in [0.1, 0.15) is 36.6 Å². The van der Waals surface area contributed by atoms with Crippen molar-refractivity contribution in [3.63, 3.8) is 0 Å². The van der Waals surface area contributed by atoms with Gasteiger partial charge < -0.3 is 59.1 Å². The Balaban J connectivity index is 1.34. The number of hydrogen-bond donors (Lipinski definition) is 6. The van der Waals surface area contributed by atoms with Crippen molar-refractivity contribution in [3.8, 4) is 0 Å². The summed E-state index contributed by atoms with van der Waals surface area (Å²) >= 11 is 0. The molecule has 13 unspecified atom stereocenters. The van der Waals surface area contributed by atoms with E-state index in [4.69, 9.17) is 28.4 Å². The number of rotatable bonds is 8. The molecule has 0 spiro atoms. The molecule has 14 nitrogen and oxygen atoms in total. The third-order valence-corrected chi connectivity index (χ3v) is 8.17. The molecule has 0 bridgehead atoms. The lowest BCUT2D eigenvalue weighted by atomic mass is 9.83. The molecule has 4 aliphatic rings. The quantitative estimate of drug-likeness (QED) is 0.147. The van der Waals surface area contributed by atoms with Gasteiger partial charge in [-0.05, 0) is 37.6 Å². The summed E-state index contributed by atoms with van der Waals surface area (Å²) in [7, 11) is 0. The van der Waals surface area contributed by atoms with Gasteiger partial charge in [-0.3, -0.25) is 4.79 Å². The second-order valence-corrected chi connectivity index (χ2v) is 11.1. The summed E-state index contributed by atoms with van der Waals surface area (Å²) in [6, 6.07) is 8.94. The minimum Gasteiger partial charge on any atom is -0.472 e. The van der Waals surface area contributed by atoms with Gasteiger partial charge in [0.25, 0.3) is 0 Å². The number of benzene rings is 1. The summed E-state index contributed by atoms with van der Waals surface area (Å²) in [5.74, 6) is -2.43. The molecule has 0 saturated carbocycles. The van der Waals surface area contributed by atoms with Crippen LogP contribution in [0.3, 0.4) is 0 Å². The minimum absolute atomic E-state index is 0.432. The molecule has 44 heavy (non-hydrogen) atoms. The number of esters is 1. The fourth-order valence-corrected chi connectivity index (χ4v) is 5.72. The van der Waals surface area contributed by atoms with Gasteiger partial charge in [0.2, 0.25) is 6.29 Å². The molecule has 14 heteroatoms. The van der Waals surface area contributed by atoms with E-state index in [1.165, 1.54) is 25.2 Å². The number of aliphatic hydroxyl groups excluding tert-OH is 6. The van der Waals surface area contributed by atoms with E-state index >= 15 is 0 Å². The predicted molar refractivity (Wildman–Crippen MR) is 147 cm³/mol. The molecule has 6 N–H and O–H groups in total. The highest BCUT2D eigenvalue weighted by Gasteiger charge is 2.60. The van der Waals surface area contributed by atoms with E-state index in [-0.39, 0.29) is 0 Å². The van der Waals surface area contributed by atoms with E-state index in [1.54, 1.807) is 31.2 Å². The molecular formula is C30H36O14. The first-order valence-corrected chi connectivity index (χ1v) is 14.1. The number of ketones is 1. The van der Waals surface area contributed by atoms with E-state index in [0.29, 0.717) is 5.57 Å². The Bertz CT molecular complexity index is 1280.